The van der Waals surface area contributed by atoms with Crippen molar-refractivity contribution < 1.29 is 0 Å². The molecule has 0 atom stereocenters. The quantitative estimate of drug-likeness (QED) is 0.721. The summed E-state index contributed by atoms with van der Waals surface area (Å²) in [6.07, 6.45) is 6.63. The summed E-state index contributed by atoms with van der Waals surface area (Å²) in [6.45, 7) is 3.08. The summed E-state index contributed by atoms with van der Waals surface area (Å²) in [5, 5.41) is 11.6. The van der Waals surface area contributed by atoms with Crippen LogP contribution in [0.1, 0.15) is 31.9 Å². The van der Waals surface area contributed by atoms with Crippen LogP contribution >= 0.6 is 0 Å². The number of rotatable bonds is 5. The molecule has 0 spiro atoms. The number of unbranched alkanes of at least 4 members (excludes halogenated alkanes) is 2. The van der Waals surface area contributed by atoms with Gasteiger partial charge in [0.15, 0.2) is 5.69 Å². The summed E-state index contributed by atoms with van der Waals surface area (Å²) in [4.78, 5) is 7.96. The van der Waals surface area contributed by atoms with E-state index in [1.807, 2.05) is 6.07 Å². The smallest absolute Gasteiger partial charge is 0.158 e. The molecule has 0 fully saturated rings. The first kappa shape index (κ1) is 10.5. The fraction of sp³-hybridized carbons (Fsp3) is 0.500. The van der Waals surface area contributed by atoms with Crippen LogP contribution in [0.4, 0.5) is 5.82 Å². The lowest BCUT2D eigenvalue weighted by atomic mass is 10.2. The fourth-order valence-corrected chi connectivity index (χ4v) is 1.07. The Balaban J connectivity index is 2.33. The van der Waals surface area contributed by atoms with Crippen LogP contribution in [-0.2, 0) is 0 Å². The van der Waals surface area contributed by atoms with Gasteiger partial charge in [-0.1, -0.05) is 19.8 Å². The van der Waals surface area contributed by atoms with E-state index in [4.69, 9.17) is 5.26 Å². The summed E-state index contributed by atoms with van der Waals surface area (Å²) in [5.74, 6) is 0.736. The van der Waals surface area contributed by atoms with Crippen LogP contribution in [0.2, 0.25) is 0 Å². The molecule has 0 aromatic carbocycles. The molecule has 0 saturated carbocycles. The fourth-order valence-electron chi connectivity index (χ4n) is 1.07. The largest absolute Gasteiger partial charge is 0.369 e. The van der Waals surface area contributed by atoms with E-state index in [2.05, 4.69) is 22.2 Å². The monoisotopic (exact) mass is 190 g/mol. The van der Waals surface area contributed by atoms with Crippen LogP contribution in [0.15, 0.2) is 12.4 Å². The van der Waals surface area contributed by atoms with Gasteiger partial charge in [-0.25, -0.2) is 9.97 Å². The Labute approximate surface area is 84.0 Å². The second-order valence-corrected chi connectivity index (χ2v) is 3.03. The molecule has 0 radical (unpaired) electrons. The number of aromatic nitrogens is 2. The van der Waals surface area contributed by atoms with Gasteiger partial charge in [-0.3, -0.25) is 0 Å². The molecule has 14 heavy (non-hydrogen) atoms. The number of hydrogen-bond donors (Lipinski definition) is 1. The van der Waals surface area contributed by atoms with Crippen molar-refractivity contribution in [2.24, 2.45) is 0 Å². The predicted molar refractivity (Wildman–Crippen MR) is 54.8 cm³/mol. The van der Waals surface area contributed by atoms with Crippen molar-refractivity contribution >= 4 is 5.82 Å². The van der Waals surface area contributed by atoms with Crippen molar-refractivity contribution in [1.29, 1.82) is 5.26 Å². The van der Waals surface area contributed by atoms with E-state index in [0.717, 1.165) is 18.8 Å². The van der Waals surface area contributed by atoms with Gasteiger partial charge in [0.2, 0.25) is 0 Å². The molecule has 1 heterocycles. The molecule has 1 aromatic rings. The highest BCUT2D eigenvalue weighted by Crippen LogP contribution is 2.01. The van der Waals surface area contributed by atoms with Crippen LogP contribution in [0.5, 0.6) is 0 Å². The maximum absolute atomic E-state index is 8.50. The first-order valence-electron chi connectivity index (χ1n) is 4.83. The maximum Gasteiger partial charge on any atom is 0.158 e. The van der Waals surface area contributed by atoms with Gasteiger partial charge >= 0.3 is 0 Å². The summed E-state index contributed by atoms with van der Waals surface area (Å²) in [5.41, 5.74) is 0.351. The Kier molecular flexibility index (Phi) is 4.42. The zero-order valence-electron chi connectivity index (χ0n) is 8.32. The summed E-state index contributed by atoms with van der Waals surface area (Å²) >= 11 is 0. The Morgan fingerprint density at radius 2 is 2.21 bits per heavy atom. The third kappa shape index (κ3) is 3.40. The molecule has 1 aromatic heterocycles. The third-order valence-electron chi connectivity index (χ3n) is 1.85. The molecule has 0 aliphatic heterocycles. The van der Waals surface area contributed by atoms with Gasteiger partial charge in [0.25, 0.3) is 0 Å². The minimum atomic E-state index is 0.351. The zero-order chi connectivity index (χ0) is 10.2. The van der Waals surface area contributed by atoms with Gasteiger partial charge in [-0.15, -0.1) is 0 Å². The van der Waals surface area contributed by atoms with Crippen molar-refractivity contribution in [3.8, 4) is 6.07 Å². The molecule has 0 aliphatic rings. The molecule has 0 unspecified atom stereocenters. The highest BCUT2D eigenvalue weighted by molar-refractivity contribution is 5.32. The van der Waals surface area contributed by atoms with E-state index in [9.17, 15) is 0 Å². The Morgan fingerprint density at radius 1 is 1.36 bits per heavy atom. The SMILES string of the molecule is CCCCCNc1cnc(C#N)cn1. The van der Waals surface area contributed by atoms with E-state index < -0.39 is 0 Å². The average Bonchev–Trinajstić information content (AvgIpc) is 2.25. The van der Waals surface area contributed by atoms with Gasteiger partial charge in [-0.05, 0) is 6.42 Å². The Bertz CT molecular complexity index is 299. The molecular formula is C10H14N4. The van der Waals surface area contributed by atoms with Crippen molar-refractivity contribution in [3.63, 3.8) is 0 Å². The first-order chi connectivity index (χ1) is 6.86. The topological polar surface area (TPSA) is 61.6 Å². The Hall–Kier alpha value is -1.63. The second kappa shape index (κ2) is 5.92. The van der Waals surface area contributed by atoms with Crippen LogP contribution in [-0.4, -0.2) is 16.5 Å². The van der Waals surface area contributed by atoms with Crippen LogP contribution in [0, 0.1) is 11.3 Å². The van der Waals surface area contributed by atoms with Crippen molar-refractivity contribution in [3.05, 3.63) is 18.1 Å². The highest BCUT2D eigenvalue weighted by atomic mass is 15.0. The first-order valence-corrected chi connectivity index (χ1v) is 4.83. The van der Waals surface area contributed by atoms with Crippen LogP contribution in [0.25, 0.3) is 0 Å². The predicted octanol–water partition coefficient (Wildman–Crippen LogP) is 1.95. The lowest BCUT2D eigenvalue weighted by Gasteiger charge is -2.03. The lowest BCUT2D eigenvalue weighted by Crippen LogP contribution is -2.03. The molecule has 0 bridgehead atoms. The standard InChI is InChI=1S/C10H14N4/c1-2-3-4-5-12-10-8-13-9(6-11)7-14-10/h7-8H,2-5H2,1H3,(H,12,14). The second-order valence-electron chi connectivity index (χ2n) is 3.03. The summed E-state index contributed by atoms with van der Waals surface area (Å²) < 4.78 is 0. The Morgan fingerprint density at radius 3 is 2.79 bits per heavy atom. The number of nitrogens with zero attached hydrogens (tertiary/aromatic N) is 3. The van der Waals surface area contributed by atoms with Gasteiger partial charge < -0.3 is 5.32 Å². The normalized spacial score (nSPS) is 9.43. The van der Waals surface area contributed by atoms with Gasteiger partial charge in [-0.2, -0.15) is 5.26 Å². The van der Waals surface area contributed by atoms with Crippen molar-refractivity contribution in [2.75, 3.05) is 11.9 Å². The van der Waals surface area contributed by atoms with Gasteiger partial charge in [0.05, 0.1) is 12.4 Å². The summed E-state index contributed by atoms with van der Waals surface area (Å²) in [6, 6.07) is 1.93. The van der Waals surface area contributed by atoms with Crippen LogP contribution in [0.3, 0.4) is 0 Å². The molecule has 74 valence electrons. The van der Waals surface area contributed by atoms with Gasteiger partial charge in [0.1, 0.15) is 11.9 Å². The molecule has 0 aliphatic carbocycles. The summed E-state index contributed by atoms with van der Waals surface area (Å²) in [7, 11) is 0. The number of nitrogens with one attached hydrogen (secondary N) is 1. The zero-order valence-corrected chi connectivity index (χ0v) is 8.32. The minimum absolute atomic E-state index is 0.351. The molecule has 1 N–H and O–H groups in total. The molecule has 4 heteroatoms. The number of nitriles is 1. The number of hydrogen-bond acceptors (Lipinski definition) is 4. The minimum Gasteiger partial charge on any atom is -0.369 e. The number of anilines is 1. The van der Waals surface area contributed by atoms with E-state index in [0.29, 0.717) is 5.69 Å². The van der Waals surface area contributed by atoms with E-state index in [1.165, 1.54) is 19.0 Å². The molecule has 0 amide bonds. The van der Waals surface area contributed by atoms with Crippen LogP contribution < -0.4 is 5.32 Å². The van der Waals surface area contributed by atoms with Gasteiger partial charge in [0, 0.05) is 6.54 Å². The molecule has 0 saturated heterocycles. The van der Waals surface area contributed by atoms with Crippen molar-refractivity contribution in [1.82, 2.24) is 9.97 Å². The van der Waals surface area contributed by atoms with Crippen molar-refractivity contribution in [2.45, 2.75) is 26.2 Å². The van der Waals surface area contributed by atoms with E-state index in [1.54, 1.807) is 6.20 Å². The molecular weight excluding hydrogens is 176 g/mol. The highest BCUT2D eigenvalue weighted by Gasteiger charge is 1.94. The molecule has 1 rings (SSSR count). The van der Waals surface area contributed by atoms with E-state index >= 15 is 0 Å². The lowest BCUT2D eigenvalue weighted by molar-refractivity contribution is 0.742. The third-order valence-corrected chi connectivity index (χ3v) is 1.85. The molecule has 4 nitrogen and oxygen atoms in total. The van der Waals surface area contributed by atoms with E-state index in [-0.39, 0.29) is 0 Å². The maximum atomic E-state index is 8.50. The average molecular weight is 190 g/mol.